The second-order valence-corrected chi connectivity index (χ2v) is 5.54. The van der Waals surface area contributed by atoms with E-state index >= 15 is 0 Å². The monoisotopic (exact) mass is 201 g/mol. The summed E-state index contributed by atoms with van der Waals surface area (Å²) < 4.78 is 0. The standard InChI is InChI=1S/C11H23NS/c1-4-11(9(2)3)12-10-5-7-13-8-6-10/h9-12H,4-8H2,1-3H3. The minimum absolute atomic E-state index is 0.730. The lowest BCUT2D eigenvalue weighted by molar-refractivity contribution is 0.331. The Labute approximate surface area is 87.1 Å². The third kappa shape index (κ3) is 3.90. The van der Waals surface area contributed by atoms with Crippen LogP contribution in [0.25, 0.3) is 0 Å². The molecule has 13 heavy (non-hydrogen) atoms. The van der Waals surface area contributed by atoms with Gasteiger partial charge in [-0.15, -0.1) is 0 Å². The normalized spacial score (nSPS) is 22.2. The highest BCUT2D eigenvalue weighted by Gasteiger charge is 2.18. The Bertz CT molecular complexity index is 130. The molecule has 0 saturated carbocycles. The first-order chi connectivity index (χ1) is 6.24. The maximum atomic E-state index is 3.79. The molecule has 1 nitrogen and oxygen atoms in total. The summed E-state index contributed by atoms with van der Waals surface area (Å²) in [6.45, 7) is 6.92. The second-order valence-electron chi connectivity index (χ2n) is 4.31. The van der Waals surface area contributed by atoms with E-state index in [1.807, 2.05) is 0 Å². The first-order valence-electron chi connectivity index (χ1n) is 5.57. The van der Waals surface area contributed by atoms with Crippen molar-refractivity contribution >= 4 is 11.8 Å². The predicted molar refractivity (Wildman–Crippen MR) is 62.4 cm³/mol. The van der Waals surface area contributed by atoms with Gasteiger partial charge in [0.05, 0.1) is 0 Å². The Hall–Kier alpha value is 0.310. The van der Waals surface area contributed by atoms with Crippen molar-refractivity contribution in [3.8, 4) is 0 Å². The maximum absolute atomic E-state index is 3.79. The van der Waals surface area contributed by atoms with Crippen molar-refractivity contribution in [1.29, 1.82) is 0 Å². The van der Waals surface area contributed by atoms with Crippen LogP contribution in [0.1, 0.15) is 40.0 Å². The van der Waals surface area contributed by atoms with Crippen LogP contribution < -0.4 is 5.32 Å². The van der Waals surface area contributed by atoms with Crippen LogP contribution in [0.3, 0.4) is 0 Å². The highest BCUT2D eigenvalue weighted by Crippen LogP contribution is 2.18. The van der Waals surface area contributed by atoms with Crippen LogP contribution in [0, 0.1) is 5.92 Å². The van der Waals surface area contributed by atoms with E-state index in [2.05, 4.69) is 37.8 Å². The second kappa shape index (κ2) is 5.92. The van der Waals surface area contributed by atoms with E-state index in [0.29, 0.717) is 0 Å². The van der Waals surface area contributed by atoms with E-state index in [4.69, 9.17) is 0 Å². The van der Waals surface area contributed by atoms with Crippen LogP contribution in [0.15, 0.2) is 0 Å². The SMILES string of the molecule is CCC(NC1CCSCC1)C(C)C. The molecule has 0 aliphatic carbocycles. The molecular weight excluding hydrogens is 178 g/mol. The smallest absolute Gasteiger partial charge is 0.00900 e. The van der Waals surface area contributed by atoms with Gasteiger partial charge in [0, 0.05) is 12.1 Å². The molecule has 1 atom stereocenters. The Morgan fingerprint density at radius 3 is 2.38 bits per heavy atom. The van der Waals surface area contributed by atoms with Crippen molar-refractivity contribution in [2.45, 2.75) is 52.1 Å². The Balaban J connectivity index is 2.27. The summed E-state index contributed by atoms with van der Waals surface area (Å²) in [5, 5.41) is 3.79. The van der Waals surface area contributed by atoms with Crippen LogP contribution in [0.2, 0.25) is 0 Å². The van der Waals surface area contributed by atoms with Crippen LogP contribution in [0.5, 0.6) is 0 Å². The Morgan fingerprint density at radius 2 is 1.92 bits per heavy atom. The van der Waals surface area contributed by atoms with Crippen molar-refractivity contribution in [3.05, 3.63) is 0 Å². The van der Waals surface area contributed by atoms with Crippen molar-refractivity contribution in [2.75, 3.05) is 11.5 Å². The fourth-order valence-corrected chi connectivity index (χ4v) is 3.06. The summed E-state index contributed by atoms with van der Waals surface area (Å²) in [5.74, 6) is 3.48. The molecule has 2 heteroatoms. The van der Waals surface area contributed by atoms with E-state index in [9.17, 15) is 0 Å². The van der Waals surface area contributed by atoms with Gasteiger partial charge in [0.1, 0.15) is 0 Å². The highest BCUT2D eigenvalue weighted by molar-refractivity contribution is 7.99. The third-order valence-corrected chi connectivity index (χ3v) is 3.96. The zero-order chi connectivity index (χ0) is 9.68. The first kappa shape index (κ1) is 11.4. The fourth-order valence-electron chi connectivity index (χ4n) is 1.95. The molecule has 1 aliphatic heterocycles. The van der Waals surface area contributed by atoms with Crippen LogP contribution in [0.4, 0.5) is 0 Å². The molecule has 1 fully saturated rings. The zero-order valence-electron chi connectivity index (χ0n) is 9.18. The Morgan fingerprint density at radius 1 is 1.31 bits per heavy atom. The molecule has 78 valence electrons. The van der Waals surface area contributed by atoms with Gasteiger partial charge < -0.3 is 5.32 Å². The van der Waals surface area contributed by atoms with Crippen LogP contribution in [-0.4, -0.2) is 23.6 Å². The van der Waals surface area contributed by atoms with Gasteiger partial charge in [0.25, 0.3) is 0 Å². The average Bonchev–Trinajstić information content (AvgIpc) is 2.15. The van der Waals surface area contributed by atoms with Gasteiger partial charge in [-0.3, -0.25) is 0 Å². The number of rotatable bonds is 4. The molecular formula is C11H23NS. The topological polar surface area (TPSA) is 12.0 Å². The van der Waals surface area contributed by atoms with E-state index in [1.54, 1.807) is 0 Å². The summed E-state index contributed by atoms with van der Waals surface area (Å²) in [5.41, 5.74) is 0. The number of hydrogen-bond donors (Lipinski definition) is 1. The van der Waals surface area contributed by atoms with Crippen molar-refractivity contribution in [3.63, 3.8) is 0 Å². The molecule has 1 saturated heterocycles. The lowest BCUT2D eigenvalue weighted by atomic mass is 9.99. The van der Waals surface area contributed by atoms with Gasteiger partial charge in [0.2, 0.25) is 0 Å². The molecule has 1 heterocycles. The molecule has 0 amide bonds. The summed E-state index contributed by atoms with van der Waals surface area (Å²) >= 11 is 2.10. The van der Waals surface area contributed by atoms with Crippen molar-refractivity contribution in [1.82, 2.24) is 5.32 Å². The highest BCUT2D eigenvalue weighted by atomic mass is 32.2. The summed E-state index contributed by atoms with van der Waals surface area (Å²) in [4.78, 5) is 0. The zero-order valence-corrected chi connectivity index (χ0v) is 9.99. The molecule has 0 spiro atoms. The minimum Gasteiger partial charge on any atom is -0.311 e. The van der Waals surface area contributed by atoms with Gasteiger partial charge in [-0.05, 0) is 36.7 Å². The summed E-state index contributed by atoms with van der Waals surface area (Å²) in [6.07, 6.45) is 4.00. The van der Waals surface area contributed by atoms with Crippen LogP contribution >= 0.6 is 11.8 Å². The molecule has 1 unspecified atom stereocenters. The van der Waals surface area contributed by atoms with Crippen molar-refractivity contribution < 1.29 is 0 Å². The molecule has 0 aromatic carbocycles. The molecule has 1 aliphatic rings. The summed E-state index contributed by atoms with van der Waals surface area (Å²) in [7, 11) is 0. The molecule has 0 aromatic rings. The van der Waals surface area contributed by atoms with Crippen molar-refractivity contribution in [2.24, 2.45) is 5.92 Å². The fraction of sp³-hybridized carbons (Fsp3) is 1.00. The third-order valence-electron chi connectivity index (χ3n) is 2.92. The van der Waals surface area contributed by atoms with E-state index in [-0.39, 0.29) is 0 Å². The Kier molecular flexibility index (Phi) is 5.18. The molecule has 1 N–H and O–H groups in total. The predicted octanol–water partition coefficient (Wildman–Crippen LogP) is 2.91. The van der Waals surface area contributed by atoms with Gasteiger partial charge in [-0.1, -0.05) is 20.8 Å². The lowest BCUT2D eigenvalue weighted by Crippen LogP contribution is -2.42. The minimum atomic E-state index is 0.730. The summed E-state index contributed by atoms with van der Waals surface area (Å²) in [6, 6.07) is 1.53. The number of thioether (sulfide) groups is 1. The van der Waals surface area contributed by atoms with Gasteiger partial charge in [0.15, 0.2) is 0 Å². The lowest BCUT2D eigenvalue weighted by Gasteiger charge is -2.29. The molecule has 1 rings (SSSR count). The first-order valence-corrected chi connectivity index (χ1v) is 6.73. The van der Waals surface area contributed by atoms with E-state index < -0.39 is 0 Å². The quantitative estimate of drug-likeness (QED) is 0.750. The number of hydrogen-bond acceptors (Lipinski definition) is 2. The maximum Gasteiger partial charge on any atom is 0.00900 e. The molecule has 0 aromatic heterocycles. The van der Waals surface area contributed by atoms with E-state index in [1.165, 1.54) is 30.8 Å². The largest absolute Gasteiger partial charge is 0.311 e. The van der Waals surface area contributed by atoms with Crippen LogP contribution in [-0.2, 0) is 0 Å². The number of nitrogens with one attached hydrogen (secondary N) is 1. The molecule has 0 radical (unpaired) electrons. The van der Waals surface area contributed by atoms with Gasteiger partial charge in [-0.2, -0.15) is 11.8 Å². The average molecular weight is 201 g/mol. The van der Waals surface area contributed by atoms with E-state index in [0.717, 1.165) is 18.0 Å². The van der Waals surface area contributed by atoms with Gasteiger partial charge >= 0.3 is 0 Å². The molecule has 0 bridgehead atoms. The van der Waals surface area contributed by atoms with Gasteiger partial charge in [-0.25, -0.2) is 0 Å².